The van der Waals surface area contributed by atoms with Crippen molar-refractivity contribution in [2.75, 3.05) is 0 Å². The van der Waals surface area contributed by atoms with Gasteiger partial charge in [0.25, 0.3) is 0 Å². The van der Waals surface area contributed by atoms with E-state index in [0.717, 1.165) is 16.3 Å². The van der Waals surface area contributed by atoms with Crippen LogP contribution in [-0.2, 0) is 0 Å². The summed E-state index contributed by atoms with van der Waals surface area (Å²) in [7, 11) is 0. The number of azo groups is 2. The third kappa shape index (κ3) is 3.89. The van der Waals surface area contributed by atoms with Crippen LogP contribution in [0.1, 0.15) is 11.1 Å². The summed E-state index contributed by atoms with van der Waals surface area (Å²) in [5.41, 5.74) is 3.95. The number of benzene rings is 4. The molecule has 4 aromatic carbocycles. The lowest BCUT2D eigenvalue weighted by Gasteiger charge is -2.05. The van der Waals surface area contributed by atoms with E-state index in [1.807, 2.05) is 49.4 Å². The fourth-order valence-electron chi connectivity index (χ4n) is 3.10. The zero-order chi connectivity index (χ0) is 21.1. The van der Waals surface area contributed by atoms with Crippen molar-refractivity contribution in [3.63, 3.8) is 0 Å². The van der Waals surface area contributed by atoms with E-state index in [1.165, 1.54) is 0 Å². The third-order valence-corrected chi connectivity index (χ3v) is 4.87. The lowest BCUT2D eigenvalue weighted by Crippen LogP contribution is -1.77. The molecule has 0 radical (unpaired) electrons. The Morgan fingerprint density at radius 1 is 0.633 bits per heavy atom. The summed E-state index contributed by atoms with van der Waals surface area (Å²) in [5, 5.41) is 38.9. The van der Waals surface area contributed by atoms with E-state index in [9.17, 15) is 10.2 Å². The van der Waals surface area contributed by atoms with Gasteiger partial charge in [-0.2, -0.15) is 15.3 Å². The Balaban J connectivity index is 1.61. The highest BCUT2D eigenvalue weighted by Crippen LogP contribution is 2.37. The number of fused-ring (bicyclic) bond motifs is 1. The molecule has 0 fully saturated rings. The lowest BCUT2D eigenvalue weighted by atomic mass is 10.1. The van der Waals surface area contributed by atoms with Crippen LogP contribution in [0.2, 0.25) is 0 Å². The zero-order valence-electron chi connectivity index (χ0n) is 16.6. The first-order valence-electron chi connectivity index (χ1n) is 9.46. The van der Waals surface area contributed by atoms with Crippen LogP contribution >= 0.6 is 0 Å². The molecule has 4 rings (SSSR count). The number of hydrogen-bond acceptors (Lipinski definition) is 6. The molecule has 0 aliphatic heterocycles. The van der Waals surface area contributed by atoms with E-state index in [0.29, 0.717) is 28.3 Å². The van der Waals surface area contributed by atoms with Crippen molar-refractivity contribution in [1.82, 2.24) is 0 Å². The first-order valence-corrected chi connectivity index (χ1v) is 9.46. The van der Waals surface area contributed by atoms with Crippen LogP contribution in [0.25, 0.3) is 10.8 Å². The molecular weight excluding hydrogens is 376 g/mol. The molecular formula is C24H20N4O2. The molecule has 30 heavy (non-hydrogen) atoms. The molecule has 0 aromatic heterocycles. The smallest absolute Gasteiger partial charge is 0.143 e. The van der Waals surface area contributed by atoms with Gasteiger partial charge >= 0.3 is 0 Å². The number of phenols is 2. The molecule has 0 aliphatic rings. The standard InChI is InChI=1S/C24H20N4O2/c1-15-14-18(25-27-21-8-5-9-22(29)16(21)2)11-12-20(15)26-28-24-19-7-4-3-6-17(19)10-13-23(24)30/h3-14,29-30H,1-2H3. The Morgan fingerprint density at radius 2 is 1.43 bits per heavy atom. The Kier molecular flexibility index (Phi) is 5.22. The minimum atomic E-state index is 0.0852. The van der Waals surface area contributed by atoms with Crippen LogP contribution in [0.5, 0.6) is 11.5 Å². The van der Waals surface area contributed by atoms with E-state index in [4.69, 9.17) is 0 Å². The minimum absolute atomic E-state index is 0.0852. The molecule has 4 aromatic rings. The zero-order valence-corrected chi connectivity index (χ0v) is 16.6. The van der Waals surface area contributed by atoms with Crippen molar-refractivity contribution in [3.8, 4) is 11.5 Å². The average Bonchev–Trinajstić information content (AvgIpc) is 2.75. The highest BCUT2D eigenvalue weighted by Gasteiger charge is 2.07. The van der Waals surface area contributed by atoms with E-state index in [2.05, 4.69) is 20.5 Å². The molecule has 0 unspecified atom stereocenters. The van der Waals surface area contributed by atoms with Gasteiger partial charge < -0.3 is 10.2 Å². The van der Waals surface area contributed by atoms with Gasteiger partial charge in [-0.05, 0) is 61.2 Å². The van der Waals surface area contributed by atoms with Crippen molar-refractivity contribution in [3.05, 3.63) is 83.9 Å². The van der Waals surface area contributed by atoms with E-state index in [-0.39, 0.29) is 11.5 Å². The summed E-state index contributed by atoms with van der Waals surface area (Å²) in [5.74, 6) is 0.275. The maximum absolute atomic E-state index is 10.2. The monoisotopic (exact) mass is 396 g/mol. The molecule has 0 aliphatic carbocycles. The topological polar surface area (TPSA) is 89.9 Å². The molecule has 0 spiro atoms. The molecule has 2 N–H and O–H groups in total. The average molecular weight is 396 g/mol. The van der Waals surface area contributed by atoms with Gasteiger partial charge in [0.2, 0.25) is 0 Å². The Morgan fingerprint density at radius 3 is 2.27 bits per heavy atom. The second-order valence-corrected chi connectivity index (χ2v) is 6.95. The molecule has 0 saturated carbocycles. The molecule has 0 amide bonds. The van der Waals surface area contributed by atoms with Crippen LogP contribution in [0.3, 0.4) is 0 Å². The van der Waals surface area contributed by atoms with Gasteiger partial charge in [0.1, 0.15) is 17.2 Å². The van der Waals surface area contributed by atoms with Crippen LogP contribution in [0, 0.1) is 13.8 Å². The predicted molar refractivity (Wildman–Crippen MR) is 118 cm³/mol. The maximum Gasteiger partial charge on any atom is 0.143 e. The highest BCUT2D eigenvalue weighted by atomic mass is 16.3. The van der Waals surface area contributed by atoms with Crippen molar-refractivity contribution in [2.24, 2.45) is 20.5 Å². The Labute approximate surface area is 173 Å². The van der Waals surface area contributed by atoms with E-state index >= 15 is 0 Å². The summed E-state index contributed by atoms with van der Waals surface area (Å²) in [4.78, 5) is 0. The fourth-order valence-corrected chi connectivity index (χ4v) is 3.10. The van der Waals surface area contributed by atoms with Gasteiger partial charge in [0, 0.05) is 10.9 Å². The summed E-state index contributed by atoms with van der Waals surface area (Å²) >= 11 is 0. The van der Waals surface area contributed by atoms with Gasteiger partial charge in [-0.25, -0.2) is 0 Å². The van der Waals surface area contributed by atoms with Crippen molar-refractivity contribution in [1.29, 1.82) is 0 Å². The number of aromatic hydroxyl groups is 2. The molecule has 0 saturated heterocycles. The number of phenolic OH excluding ortho intramolecular Hbond substituents is 2. The van der Waals surface area contributed by atoms with Crippen molar-refractivity contribution in [2.45, 2.75) is 13.8 Å². The van der Waals surface area contributed by atoms with Crippen LogP contribution in [-0.4, -0.2) is 10.2 Å². The number of aryl methyl sites for hydroxylation is 1. The van der Waals surface area contributed by atoms with Crippen molar-refractivity contribution < 1.29 is 10.2 Å². The Bertz CT molecular complexity index is 1300. The normalized spacial score (nSPS) is 11.7. The molecule has 0 heterocycles. The highest BCUT2D eigenvalue weighted by molar-refractivity contribution is 5.95. The van der Waals surface area contributed by atoms with Crippen LogP contribution in [0.15, 0.2) is 93.3 Å². The lowest BCUT2D eigenvalue weighted by molar-refractivity contribution is 0.471. The number of nitrogens with zero attached hydrogens (tertiary/aromatic N) is 4. The predicted octanol–water partition coefficient (Wildman–Crippen LogP) is 7.70. The fraction of sp³-hybridized carbons (Fsp3) is 0.0833. The van der Waals surface area contributed by atoms with Gasteiger partial charge in [-0.1, -0.05) is 36.4 Å². The number of hydrogen-bond donors (Lipinski definition) is 2. The third-order valence-electron chi connectivity index (χ3n) is 4.87. The summed E-state index contributed by atoms with van der Waals surface area (Å²) < 4.78 is 0. The first-order chi connectivity index (χ1) is 14.5. The molecule has 0 bridgehead atoms. The largest absolute Gasteiger partial charge is 0.508 e. The summed E-state index contributed by atoms with van der Waals surface area (Å²) in [6.45, 7) is 3.71. The molecule has 6 heteroatoms. The van der Waals surface area contributed by atoms with Crippen LogP contribution < -0.4 is 0 Å². The van der Waals surface area contributed by atoms with Gasteiger partial charge in [0.05, 0.1) is 17.1 Å². The first kappa shape index (κ1) is 19.3. The summed E-state index contributed by atoms with van der Waals surface area (Å²) in [6.07, 6.45) is 0. The van der Waals surface area contributed by atoms with Crippen molar-refractivity contribution >= 4 is 33.5 Å². The number of rotatable bonds is 4. The molecule has 0 atom stereocenters. The minimum Gasteiger partial charge on any atom is -0.508 e. The maximum atomic E-state index is 10.2. The van der Waals surface area contributed by atoms with Gasteiger partial charge in [0.15, 0.2) is 0 Å². The summed E-state index contributed by atoms with van der Waals surface area (Å²) in [6, 6.07) is 21.8. The molecule has 6 nitrogen and oxygen atoms in total. The quantitative estimate of drug-likeness (QED) is 0.346. The van der Waals surface area contributed by atoms with Crippen LogP contribution in [0.4, 0.5) is 22.7 Å². The Hall–Kier alpha value is -4.06. The molecule has 148 valence electrons. The van der Waals surface area contributed by atoms with E-state index < -0.39 is 0 Å². The SMILES string of the molecule is Cc1cc(N=Nc2cccc(O)c2C)ccc1N=Nc1c(O)ccc2ccccc12. The second kappa shape index (κ2) is 8.13. The second-order valence-electron chi connectivity index (χ2n) is 6.95. The van der Waals surface area contributed by atoms with E-state index in [1.54, 1.807) is 37.3 Å². The van der Waals surface area contributed by atoms with Gasteiger partial charge in [-0.3, -0.25) is 0 Å². The van der Waals surface area contributed by atoms with Gasteiger partial charge in [-0.15, -0.1) is 5.11 Å².